The van der Waals surface area contributed by atoms with Crippen molar-refractivity contribution in [1.82, 2.24) is 0 Å². The number of rotatable bonds is 6. The molecule has 0 radical (unpaired) electrons. The molecule has 0 saturated carbocycles. The van der Waals surface area contributed by atoms with Crippen LogP contribution in [0.15, 0.2) is 23.1 Å². The first-order chi connectivity index (χ1) is 9.57. The number of likely N-dealkylation sites (N-methyl/N-ethyl adjacent to an activating group) is 1. The minimum absolute atomic E-state index is 0.199. The molecule has 0 heterocycles. The maximum absolute atomic E-state index is 12.4. The first-order valence-corrected chi connectivity index (χ1v) is 6.85. The maximum Gasteiger partial charge on any atom is 0.341 e. The number of carboxylic acids is 1. The zero-order valence-electron chi connectivity index (χ0n) is 10.6. The zero-order valence-corrected chi connectivity index (χ0v) is 11.4. The van der Waals surface area contributed by atoms with Crippen LogP contribution in [0.2, 0.25) is 0 Å². The predicted molar refractivity (Wildman–Crippen MR) is 67.2 cm³/mol. The molecule has 0 aliphatic heterocycles. The molecule has 1 aromatic carbocycles. The van der Waals surface area contributed by atoms with Crippen LogP contribution in [0.4, 0.5) is 20.2 Å². The molecule has 1 rings (SSSR count). The molecule has 0 saturated heterocycles. The van der Waals surface area contributed by atoms with Crippen molar-refractivity contribution in [3.8, 4) is 0 Å². The summed E-state index contributed by atoms with van der Waals surface area (Å²) in [7, 11) is -3.74. The third kappa shape index (κ3) is 3.62. The SMILES string of the molecule is CN(CC(=O)O)c1ccc(S(=O)(=O)C(F)F)cc1[N+](=O)[O-]. The highest BCUT2D eigenvalue weighted by Crippen LogP contribution is 2.31. The van der Waals surface area contributed by atoms with Gasteiger partial charge in [-0.25, -0.2) is 8.42 Å². The van der Waals surface area contributed by atoms with E-state index in [-0.39, 0.29) is 5.69 Å². The average molecular weight is 324 g/mol. The predicted octanol–water partition coefficient (Wildman–Crippen LogP) is 1.11. The summed E-state index contributed by atoms with van der Waals surface area (Å²) in [6.07, 6.45) is 0. The highest BCUT2D eigenvalue weighted by molar-refractivity contribution is 7.91. The van der Waals surface area contributed by atoms with E-state index in [0.717, 1.165) is 17.0 Å². The number of hydrogen-bond acceptors (Lipinski definition) is 6. The number of carbonyl (C=O) groups is 1. The third-order valence-corrected chi connectivity index (χ3v) is 3.87. The van der Waals surface area contributed by atoms with E-state index in [1.807, 2.05) is 0 Å². The van der Waals surface area contributed by atoms with Crippen molar-refractivity contribution >= 4 is 27.2 Å². The Morgan fingerprint density at radius 3 is 2.48 bits per heavy atom. The van der Waals surface area contributed by atoms with Crippen LogP contribution < -0.4 is 4.90 Å². The first kappa shape index (κ1) is 16.8. The van der Waals surface area contributed by atoms with Gasteiger partial charge in [-0.1, -0.05) is 0 Å². The molecular weight excluding hydrogens is 314 g/mol. The lowest BCUT2D eigenvalue weighted by atomic mass is 10.2. The number of anilines is 1. The van der Waals surface area contributed by atoms with E-state index in [2.05, 4.69) is 0 Å². The molecule has 21 heavy (non-hydrogen) atoms. The molecule has 0 amide bonds. The van der Waals surface area contributed by atoms with Gasteiger partial charge in [-0.05, 0) is 12.1 Å². The quantitative estimate of drug-likeness (QED) is 0.615. The molecule has 11 heteroatoms. The third-order valence-electron chi connectivity index (χ3n) is 2.49. The van der Waals surface area contributed by atoms with E-state index >= 15 is 0 Å². The van der Waals surface area contributed by atoms with E-state index in [0.29, 0.717) is 6.07 Å². The van der Waals surface area contributed by atoms with Gasteiger partial charge in [-0.3, -0.25) is 14.9 Å². The van der Waals surface area contributed by atoms with Gasteiger partial charge in [0.15, 0.2) is 0 Å². The number of benzene rings is 1. The fourth-order valence-corrected chi connectivity index (χ4v) is 2.28. The van der Waals surface area contributed by atoms with Gasteiger partial charge in [0, 0.05) is 13.1 Å². The van der Waals surface area contributed by atoms with Crippen LogP contribution in [0.5, 0.6) is 0 Å². The number of alkyl halides is 2. The summed E-state index contributed by atoms with van der Waals surface area (Å²) in [5.74, 6) is -4.98. The van der Waals surface area contributed by atoms with Gasteiger partial charge in [0.2, 0.25) is 9.84 Å². The van der Waals surface area contributed by atoms with Crippen LogP contribution in [-0.2, 0) is 14.6 Å². The minimum Gasteiger partial charge on any atom is -0.480 e. The van der Waals surface area contributed by atoms with Crippen molar-refractivity contribution in [2.75, 3.05) is 18.5 Å². The van der Waals surface area contributed by atoms with Crippen LogP contribution in [0, 0.1) is 10.1 Å². The largest absolute Gasteiger partial charge is 0.480 e. The van der Waals surface area contributed by atoms with Crippen molar-refractivity contribution in [1.29, 1.82) is 0 Å². The topological polar surface area (TPSA) is 118 Å². The number of hydrogen-bond donors (Lipinski definition) is 1. The standard InChI is InChI=1S/C10H10F2N2O6S/c1-13(5-9(15)16)7-3-2-6(4-8(7)14(17)18)21(19,20)10(11)12/h2-4,10H,5H2,1H3,(H,15,16). The van der Waals surface area contributed by atoms with E-state index in [4.69, 9.17) is 5.11 Å². The second-order valence-corrected chi connectivity index (χ2v) is 5.88. The molecule has 116 valence electrons. The van der Waals surface area contributed by atoms with Gasteiger partial charge >= 0.3 is 11.7 Å². The minimum atomic E-state index is -4.97. The average Bonchev–Trinajstić information content (AvgIpc) is 2.36. The lowest BCUT2D eigenvalue weighted by molar-refractivity contribution is -0.384. The number of halogens is 2. The summed E-state index contributed by atoms with van der Waals surface area (Å²) < 4.78 is 47.4. The molecule has 0 unspecified atom stereocenters. The summed E-state index contributed by atoms with van der Waals surface area (Å²) in [5.41, 5.74) is -0.976. The molecule has 0 bridgehead atoms. The molecule has 0 aliphatic rings. The summed E-state index contributed by atoms with van der Waals surface area (Å²) in [6, 6.07) is 2.16. The fourth-order valence-electron chi connectivity index (χ4n) is 1.54. The van der Waals surface area contributed by atoms with Crippen LogP contribution in [0.3, 0.4) is 0 Å². The fraction of sp³-hybridized carbons (Fsp3) is 0.300. The first-order valence-electron chi connectivity index (χ1n) is 5.30. The van der Waals surface area contributed by atoms with Crippen molar-refractivity contribution < 1.29 is 32.0 Å². The summed E-state index contributed by atoms with van der Waals surface area (Å²) in [6.45, 7) is -0.582. The van der Waals surface area contributed by atoms with Crippen LogP contribution in [-0.4, -0.2) is 43.8 Å². The highest BCUT2D eigenvalue weighted by atomic mass is 32.2. The van der Waals surface area contributed by atoms with Crippen molar-refractivity contribution in [3.05, 3.63) is 28.3 Å². The number of nitrogens with zero attached hydrogens (tertiary/aromatic N) is 2. The van der Waals surface area contributed by atoms with E-state index in [1.165, 1.54) is 7.05 Å². The number of carboxylic acid groups (broad SMARTS) is 1. The Labute approximate surface area is 117 Å². The summed E-state index contributed by atoms with van der Waals surface area (Å²) in [4.78, 5) is 20.6. The molecular formula is C10H10F2N2O6S. The Bertz CT molecular complexity index is 676. The monoisotopic (exact) mass is 324 g/mol. The molecule has 1 N–H and O–H groups in total. The highest BCUT2D eigenvalue weighted by Gasteiger charge is 2.30. The summed E-state index contributed by atoms with van der Waals surface area (Å²) >= 11 is 0. The van der Waals surface area contributed by atoms with Crippen molar-refractivity contribution in [3.63, 3.8) is 0 Å². The van der Waals surface area contributed by atoms with Gasteiger partial charge in [-0.15, -0.1) is 0 Å². The Kier molecular flexibility index (Phi) is 4.78. The van der Waals surface area contributed by atoms with Gasteiger partial charge in [0.05, 0.1) is 9.82 Å². The van der Waals surface area contributed by atoms with Crippen LogP contribution >= 0.6 is 0 Å². The van der Waals surface area contributed by atoms with Gasteiger partial charge < -0.3 is 10.0 Å². The number of aliphatic carboxylic acids is 1. The molecule has 0 spiro atoms. The van der Waals surface area contributed by atoms with Crippen molar-refractivity contribution in [2.45, 2.75) is 10.7 Å². The molecule has 0 fully saturated rings. The molecule has 8 nitrogen and oxygen atoms in total. The maximum atomic E-state index is 12.4. The Morgan fingerprint density at radius 2 is 2.05 bits per heavy atom. The number of nitro benzene ring substituents is 1. The number of nitro groups is 1. The van der Waals surface area contributed by atoms with Gasteiger partial charge in [-0.2, -0.15) is 8.78 Å². The normalized spacial score (nSPS) is 11.4. The van der Waals surface area contributed by atoms with Crippen LogP contribution in [0.1, 0.15) is 0 Å². The van der Waals surface area contributed by atoms with Crippen molar-refractivity contribution in [2.24, 2.45) is 0 Å². The lowest BCUT2D eigenvalue weighted by Crippen LogP contribution is -2.26. The smallest absolute Gasteiger partial charge is 0.341 e. The van der Waals surface area contributed by atoms with E-state index in [9.17, 15) is 32.1 Å². The zero-order chi connectivity index (χ0) is 16.4. The molecule has 1 aromatic rings. The second-order valence-electron chi connectivity index (χ2n) is 3.96. The second kappa shape index (κ2) is 5.99. The number of sulfone groups is 1. The lowest BCUT2D eigenvalue weighted by Gasteiger charge is -2.17. The summed E-state index contributed by atoms with van der Waals surface area (Å²) in [5, 5.41) is 19.5. The van der Waals surface area contributed by atoms with E-state index < -0.39 is 43.6 Å². The molecule has 0 aliphatic carbocycles. The Hall–Kier alpha value is -2.30. The van der Waals surface area contributed by atoms with Crippen LogP contribution in [0.25, 0.3) is 0 Å². The van der Waals surface area contributed by atoms with E-state index in [1.54, 1.807) is 0 Å². The Morgan fingerprint density at radius 1 is 1.48 bits per heavy atom. The molecule has 0 atom stereocenters. The Balaban J connectivity index is 3.39. The molecule has 0 aromatic heterocycles. The van der Waals surface area contributed by atoms with Gasteiger partial charge in [0.25, 0.3) is 5.69 Å². The van der Waals surface area contributed by atoms with Gasteiger partial charge in [0.1, 0.15) is 12.2 Å².